The van der Waals surface area contributed by atoms with Gasteiger partial charge in [-0.2, -0.15) is 13.2 Å². The Labute approximate surface area is 123 Å². The fourth-order valence-electron chi connectivity index (χ4n) is 2.05. The van der Waals surface area contributed by atoms with E-state index in [0.717, 1.165) is 31.6 Å². The molecule has 21 heavy (non-hydrogen) atoms. The molecule has 0 spiro atoms. The van der Waals surface area contributed by atoms with E-state index >= 15 is 0 Å². The van der Waals surface area contributed by atoms with Crippen molar-refractivity contribution in [1.82, 2.24) is 14.9 Å². The normalized spacial score (nSPS) is 13.6. The van der Waals surface area contributed by atoms with Crippen molar-refractivity contribution in [3.63, 3.8) is 0 Å². The van der Waals surface area contributed by atoms with Crippen molar-refractivity contribution < 1.29 is 17.9 Å². The molecule has 0 radical (unpaired) electrons. The number of ether oxygens (including phenoxy) is 1. The highest BCUT2D eigenvalue weighted by Crippen LogP contribution is 2.15. The fraction of sp³-hybridized carbons (Fsp3) is 0.786. The van der Waals surface area contributed by atoms with E-state index in [0.29, 0.717) is 6.42 Å². The van der Waals surface area contributed by atoms with Crippen molar-refractivity contribution in [3.8, 4) is 0 Å². The van der Waals surface area contributed by atoms with Gasteiger partial charge in [0.25, 0.3) is 0 Å². The van der Waals surface area contributed by atoms with E-state index in [1.807, 2.05) is 17.8 Å². The molecule has 0 fully saturated rings. The summed E-state index contributed by atoms with van der Waals surface area (Å²) in [7, 11) is 1.93. The summed E-state index contributed by atoms with van der Waals surface area (Å²) in [6, 6.07) is 0.148. The van der Waals surface area contributed by atoms with E-state index in [9.17, 15) is 13.2 Å². The van der Waals surface area contributed by atoms with Gasteiger partial charge < -0.3 is 14.6 Å². The van der Waals surface area contributed by atoms with Gasteiger partial charge in [0.05, 0.1) is 0 Å². The van der Waals surface area contributed by atoms with Crippen LogP contribution in [-0.4, -0.2) is 41.5 Å². The molecule has 1 heterocycles. The average molecular weight is 307 g/mol. The Hall–Kier alpha value is -1.08. The molecule has 1 unspecified atom stereocenters. The summed E-state index contributed by atoms with van der Waals surface area (Å²) in [6.45, 7) is 1.85. The lowest BCUT2D eigenvalue weighted by molar-refractivity contribution is -0.174. The van der Waals surface area contributed by atoms with Gasteiger partial charge in [0.15, 0.2) is 0 Å². The van der Waals surface area contributed by atoms with Gasteiger partial charge in [0.2, 0.25) is 0 Å². The summed E-state index contributed by atoms with van der Waals surface area (Å²) >= 11 is 0. The van der Waals surface area contributed by atoms with Crippen molar-refractivity contribution in [1.29, 1.82) is 0 Å². The number of halogens is 3. The third-order valence-electron chi connectivity index (χ3n) is 3.20. The zero-order valence-electron chi connectivity index (χ0n) is 12.6. The van der Waals surface area contributed by atoms with Crippen LogP contribution < -0.4 is 5.32 Å². The number of nitrogens with zero attached hydrogens (tertiary/aromatic N) is 2. The minimum Gasteiger partial charge on any atom is -0.372 e. The summed E-state index contributed by atoms with van der Waals surface area (Å²) in [5, 5.41) is 3.35. The third kappa shape index (κ3) is 8.06. The van der Waals surface area contributed by atoms with Crippen LogP contribution in [-0.2, 0) is 18.2 Å². The fourth-order valence-corrected chi connectivity index (χ4v) is 2.05. The molecular weight excluding hydrogens is 283 g/mol. The lowest BCUT2D eigenvalue weighted by atomic mass is 10.1. The maximum Gasteiger partial charge on any atom is 0.411 e. The predicted molar refractivity (Wildman–Crippen MR) is 75.1 cm³/mol. The highest BCUT2D eigenvalue weighted by molar-refractivity contribution is 4.92. The van der Waals surface area contributed by atoms with Crippen LogP contribution in [0.1, 0.15) is 32.0 Å². The van der Waals surface area contributed by atoms with Crippen LogP contribution in [0.25, 0.3) is 0 Å². The zero-order valence-corrected chi connectivity index (χ0v) is 12.6. The molecule has 0 saturated carbocycles. The number of aromatic nitrogens is 2. The molecule has 0 aliphatic heterocycles. The van der Waals surface area contributed by atoms with E-state index in [1.165, 1.54) is 0 Å². The highest BCUT2D eigenvalue weighted by atomic mass is 19.4. The standard InChI is InChI=1S/C14H24F3N3O/c1-3-7-18-12(6-10-21-11-14(15,16)17)4-5-13-19-8-9-20(13)2/h8-9,12,18H,3-7,10-11H2,1-2H3. The quantitative estimate of drug-likeness (QED) is 0.676. The smallest absolute Gasteiger partial charge is 0.372 e. The Kier molecular flexibility index (Phi) is 7.74. The van der Waals surface area contributed by atoms with Crippen molar-refractivity contribution in [2.75, 3.05) is 19.8 Å². The van der Waals surface area contributed by atoms with E-state index in [-0.39, 0.29) is 12.6 Å². The number of imidazole rings is 1. The summed E-state index contributed by atoms with van der Waals surface area (Å²) in [6.07, 6.45) is 2.57. The molecule has 1 aromatic rings. The maximum atomic E-state index is 12.0. The number of alkyl halides is 3. The van der Waals surface area contributed by atoms with Gasteiger partial charge in [-0.1, -0.05) is 6.92 Å². The van der Waals surface area contributed by atoms with E-state index in [2.05, 4.69) is 22.0 Å². The molecule has 0 aliphatic rings. The minimum absolute atomic E-state index is 0.113. The molecular formula is C14H24F3N3O. The van der Waals surface area contributed by atoms with Crippen molar-refractivity contribution >= 4 is 0 Å². The Morgan fingerprint density at radius 1 is 1.38 bits per heavy atom. The first-order valence-corrected chi connectivity index (χ1v) is 7.26. The lowest BCUT2D eigenvalue weighted by Crippen LogP contribution is -2.32. The van der Waals surface area contributed by atoms with E-state index < -0.39 is 12.8 Å². The molecule has 0 amide bonds. The Morgan fingerprint density at radius 3 is 2.71 bits per heavy atom. The van der Waals surface area contributed by atoms with Crippen LogP contribution in [0.2, 0.25) is 0 Å². The first kappa shape index (κ1) is 18.0. The second-order valence-electron chi connectivity index (χ2n) is 5.10. The lowest BCUT2D eigenvalue weighted by Gasteiger charge is -2.18. The minimum atomic E-state index is -4.25. The van der Waals surface area contributed by atoms with Crippen LogP contribution >= 0.6 is 0 Å². The summed E-state index contributed by atoms with van der Waals surface area (Å²) < 4.78 is 42.7. The Morgan fingerprint density at radius 2 is 2.14 bits per heavy atom. The second-order valence-corrected chi connectivity index (χ2v) is 5.10. The molecule has 1 N–H and O–H groups in total. The van der Waals surface area contributed by atoms with E-state index in [1.54, 1.807) is 6.20 Å². The Balaban J connectivity index is 2.31. The van der Waals surface area contributed by atoms with Gasteiger partial charge in [-0.15, -0.1) is 0 Å². The van der Waals surface area contributed by atoms with Crippen molar-refractivity contribution in [2.45, 2.75) is 44.8 Å². The van der Waals surface area contributed by atoms with Crippen molar-refractivity contribution in [2.24, 2.45) is 7.05 Å². The highest BCUT2D eigenvalue weighted by Gasteiger charge is 2.27. The van der Waals surface area contributed by atoms with Gasteiger partial charge in [-0.05, 0) is 25.8 Å². The summed E-state index contributed by atoms with van der Waals surface area (Å²) in [4.78, 5) is 4.25. The molecule has 122 valence electrons. The van der Waals surface area contributed by atoms with Gasteiger partial charge in [-0.25, -0.2) is 4.98 Å². The summed E-state index contributed by atoms with van der Waals surface area (Å²) in [5.74, 6) is 0.981. The van der Waals surface area contributed by atoms with Crippen LogP contribution in [0.3, 0.4) is 0 Å². The Bertz CT molecular complexity index is 393. The number of rotatable bonds is 10. The number of hydrogen-bond acceptors (Lipinski definition) is 3. The topological polar surface area (TPSA) is 39.1 Å². The molecule has 1 rings (SSSR count). The first-order chi connectivity index (χ1) is 9.92. The van der Waals surface area contributed by atoms with Gasteiger partial charge >= 0.3 is 6.18 Å². The van der Waals surface area contributed by atoms with Crippen LogP contribution in [0.5, 0.6) is 0 Å². The number of hydrogen-bond donors (Lipinski definition) is 1. The molecule has 0 aromatic carbocycles. The molecule has 0 aliphatic carbocycles. The largest absolute Gasteiger partial charge is 0.411 e. The van der Waals surface area contributed by atoms with Crippen LogP contribution in [0.15, 0.2) is 12.4 Å². The van der Waals surface area contributed by atoms with Gasteiger partial charge in [-0.3, -0.25) is 0 Å². The molecule has 1 aromatic heterocycles. The third-order valence-corrected chi connectivity index (χ3v) is 3.20. The zero-order chi connectivity index (χ0) is 15.7. The molecule has 1 atom stereocenters. The van der Waals surface area contributed by atoms with Crippen molar-refractivity contribution in [3.05, 3.63) is 18.2 Å². The summed E-state index contributed by atoms with van der Waals surface area (Å²) in [5.41, 5.74) is 0. The second kappa shape index (κ2) is 9.04. The molecule has 7 heteroatoms. The number of nitrogens with one attached hydrogen (secondary N) is 1. The van der Waals surface area contributed by atoms with E-state index in [4.69, 9.17) is 0 Å². The SMILES string of the molecule is CCCNC(CCOCC(F)(F)F)CCc1nccn1C. The molecule has 0 saturated heterocycles. The predicted octanol–water partition coefficient (Wildman–Crippen LogP) is 2.69. The van der Waals surface area contributed by atoms with Gasteiger partial charge in [0, 0.05) is 38.5 Å². The van der Waals surface area contributed by atoms with Crippen LogP contribution in [0.4, 0.5) is 13.2 Å². The monoisotopic (exact) mass is 307 g/mol. The number of aryl methyl sites for hydroxylation is 2. The first-order valence-electron chi connectivity index (χ1n) is 7.26. The van der Waals surface area contributed by atoms with Crippen LogP contribution in [0, 0.1) is 0 Å². The molecule has 0 bridgehead atoms. The maximum absolute atomic E-state index is 12.0. The average Bonchev–Trinajstić information content (AvgIpc) is 2.81. The van der Waals surface area contributed by atoms with Gasteiger partial charge in [0.1, 0.15) is 12.4 Å². The molecule has 4 nitrogen and oxygen atoms in total.